The van der Waals surface area contributed by atoms with Crippen LogP contribution in [0.1, 0.15) is 44.1 Å². The molecule has 1 saturated heterocycles. The number of amides is 2. The minimum absolute atomic E-state index is 0.0661. The number of furan rings is 1. The van der Waals surface area contributed by atoms with Crippen LogP contribution in [0, 0.1) is 17.8 Å². The molecule has 11 heteroatoms. The minimum Gasteiger partial charge on any atom is -0.489 e. The largest absolute Gasteiger partial charge is 0.489 e. The molecule has 5 N–H and O–H groups in total. The summed E-state index contributed by atoms with van der Waals surface area (Å²) in [6.45, 7) is 1.40. The molecule has 1 fully saturated rings. The molecule has 2 aromatic carbocycles. The summed E-state index contributed by atoms with van der Waals surface area (Å²) in [5.41, 5.74) is 2.53. The van der Waals surface area contributed by atoms with Crippen molar-refractivity contribution in [2.45, 2.75) is 45.3 Å². The van der Waals surface area contributed by atoms with Gasteiger partial charge in [-0.2, -0.15) is 0 Å². The molecule has 1 aromatic heterocycles. The van der Waals surface area contributed by atoms with E-state index in [0.717, 1.165) is 10.5 Å². The molecule has 4 atom stereocenters. The van der Waals surface area contributed by atoms with Gasteiger partial charge in [-0.25, -0.2) is 0 Å². The third-order valence-corrected chi connectivity index (χ3v) is 8.70. The van der Waals surface area contributed by atoms with Gasteiger partial charge in [-0.1, -0.05) is 42.8 Å². The Hall–Kier alpha value is -4.00. The molecule has 236 valence electrons. The van der Waals surface area contributed by atoms with Gasteiger partial charge < -0.3 is 34.5 Å². The van der Waals surface area contributed by atoms with Gasteiger partial charge in [0.25, 0.3) is 0 Å². The Morgan fingerprint density at radius 1 is 1.07 bits per heavy atom. The SMILES string of the molecule is CC/C(=C\c1ccc(CO)o1)CC[C@@H](O)C1=C(COc2ccccc2)C[C@H]2C(=O)N(c3cccc(B(O)O)c3)C(=O)[C@H]2[C@H]1CO. The van der Waals surface area contributed by atoms with Crippen LogP contribution in [0.3, 0.4) is 0 Å². The maximum atomic E-state index is 13.9. The maximum Gasteiger partial charge on any atom is 0.488 e. The van der Waals surface area contributed by atoms with E-state index < -0.39 is 49.4 Å². The molecule has 0 saturated carbocycles. The quantitative estimate of drug-likeness (QED) is 0.111. The van der Waals surface area contributed by atoms with E-state index in [1.165, 1.54) is 18.2 Å². The molecule has 0 unspecified atom stereocenters. The number of carbonyl (C=O) groups excluding carboxylic acids is 2. The first-order valence-electron chi connectivity index (χ1n) is 15.2. The predicted octanol–water partition coefficient (Wildman–Crippen LogP) is 2.58. The zero-order valence-corrected chi connectivity index (χ0v) is 25.1. The van der Waals surface area contributed by atoms with E-state index in [9.17, 15) is 35.0 Å². The van der Waals surface area contributed by atoms with Crippen LogP contribution in [-0.2, 0) is 16.2 Å². The highest BCUT2D eigenvalue weighted by molar-refractivity contribution is 6.58. The summed E-state index contributed by atoms with van der Waals surface area (Å²) >= 11 is 0. The Labute approximate surface area is 262 Å². The Morgan fingerprint density at radius 2 is 1.84 bits per heavy atom. The Balaban J connectivity index is 1.45. The van der Waals surface area contributed by atoms with Gasteiger partial charge in [-0.3, -0.25) is 14.5 Å². The number of nitrogens with zero attached hydrogens (tertiary/aromatic N) is 1. The predicted molar refractivity (Wildman–Crippen MR) is 168 cm³/mol. The lowest BCUT2D eigenvalue weighted by molar-refractivity contribution is -0.123. The summed E-state index contributed by atoms with van der Waals surface area (Å²) in [5.74, 6) is -1.81. The lowest BCUT2D eigenvalue weighted by atomic mass is 9.68. The number of para-hydroxylation sites is 1. The van der Waals surface area contributed by atoms with Crippen molar-refractivity contribution in [3.8, 4) is 5.75 Å². The van der Waals surface area contributed by atoms with Gasteiger partial charge in [0.2, 0.25) is 11.8 Å². The van der Waals surface area contributed by atoms with Crippen molar-refractivity contribution in [1.29, 1.82) is 0 Å². The number of carbonyl (C=O) groups is 2. The van der Waals surface area contributed by atoms with E-state index >= 15 is 0 Å². The normalized spacial score (nSPS) is 20.9. The number of ether oxygens (including phenoxy) is 1. The van der Waals surface area contributed by atoms with Crippen molar-refractivity contribution in [3.63, 3.8) is 0 Å². The van der Waals surface area contributed by atoms with Crippen molar-refractivity contribution < 1.29 is 44.1 Å². The van der Waals surface area contributed by atoms with Crippen molar-refractivity contribution in [3.05, 3.63) is 95.0 Å². The summed E-state index contributed by atoms with van der Waals surface area (Å²) in [6.07, 6.45) is 2.52. The van der Waals surface area contributed by atoms with Crippen LogP contribution in [-0.4, -0.2) is 63.6 Å². The first kappa shape index (κ1) is 32.4. The lowest BCUT2D eigenvalue weighted by Crippen LogP contribution is -2.40. The molecule has 0 bridgehead atoms. The zero-order valence-electron chi connectivity index (χ0n) is 25.1. The van der Waals surface area contributed by atoms with Crippen molar-refractivity contribution >= 4 is 36.2 Å². The summed E-state index contributed by atoms with van der Waals surface area (Å²) in [4.78, 5) is 28.7. The minimum atomic E-state index is -1.78. The highest BCUT2D eigenvalue weighted by Crippen LogP contribution is 2.47. The smallest absolute Gasteiger partial charge is 0.488 e. The van der Waals surface area contributed by atoms with Gasteiger partial charge in [0.1, 0.15) is 30.5 Å². The highest BCUT2D eigenvalue weighted by Gasteiger charge is 2.55. The number of rotatable bonds is 13. The first-order chi connectivity index (χ1) is 21.7. The fraction of sp³-hybridized carbons (Fsp3) is 0.353. The van der Waals surface area contributed by atoms with Crippen molar-refractivity contribution in [2.24, 2.45) is 17.8 Å². The molecular weight excluding hydrogens is 577 g/mol. The number of fused-ring (bicyclic) bond motifs is 1. The van der Waals surface area contributed by atoms with E-state index in [4.69, 9.17) is 9.15 Å². The fourth-order valence-corrected chi connectivity index (χ4v) is 6.44. The molecule has 2 aliphatic rings. The molecule has 0 spiro atoms. The van der Waals surface area contributed by atoms with Gasteiger partial charge >= 0.3 is 7.12 Å². The topological polar surface area (TPSA) is 161 Å². The third kappa shape index (κ3) is 6.98. The Morgan fingerprint density at radius 3 is 2.51 bits per heavy atom. The molecule has 0 radical (unpaired) electrons. The van der Waals surface area contributed by atoms with Crippen LogP contribution in [0.25, 0.3) is 6.08 Å². The summed E-state index contributed by atoms with van der Waals surface area (Å²) in [5, 5.41) is 51.0. The van der Waals surface area contributed by atoms with Gasteiger partial charge in [0, 0.05) is 5.92 Å². The van der Waals surface area contributed by atoms with Crippen LogP contribution in [0.2, 0.25) is 0 Å². The number of hydrogen-bond donors (Lipinski definition) is 5. The summed E-state index contributed by atoms with van der Waals surface area (Å²) in [6, 6.07) is 18.6. The standard InChI is InChI=1S/C34H38BNO9/c1-2-21(15-26-12-13-27(18-37)45-26)11-14-30(39)31-22(20-44-25-9-4-3-5-10-25)16-28-32(29(31)19-38)34(41)36(33(28)40)24-8-6-7-23(17-24)35(42)43/h3-10,12-13,15,17,28-30,32,37-39,42-43H,2,11,14,16,18-20H2,1H3/b21-15+/t28-,29+,30-,32-/m1/s1. The molecule has 5 rings (SSSR count). The van der Waals surface area contributed by atoms with Crippen molar-refractivity contribution in [2.75, 3.05) is 18.1 Å². The average Bonchev–Trinajstić information content (AvgIpc) is 3.62. The van der Waals surface area contributed by atoms with Gasteiger partial charge in [0.15, 0.2) is 0 Å². The Bertz CT molecular complexity index is 1560. The van der Waals surface area contributed by atoms with Gasteiger partial charge in [-0.15, -0.1) is 0 Å². The second kappa shape index (κ2) is 14.4. The highest BCUT2D eigenvalue weighted by atomic mass is 16.5. The van der Waals surface area contributed by atoms with Crippen LogP contribution >= 0.6 is 0 Å². The maximum absolute atomic E-state index is 13.9. The first-order valence-corrected chi connectivity index (χ1v) is 15.2. The molecule has 10 nitrogen and oxygen atoms in total. The number of hydrogen-bond acceptors (Lipinski definition) is 9. The van der Waals surface area contributed by atoms with Gasteiger partial charge in [0.05, 0.1) is 30.2 Å². The number of aliphatic hydroxyl groups is 3. The zero-order chi connectivity index (χ0) is 32.1. The number of imide groups is 1. The number of aliphatic hydroxyl groups excluding tert-OH is 3. The molecular formula is C34H38BNO9. The van der Waals surface area contributed by atoms with Crippen LogP contribution in [0.4, 0.5) is 5.69 Å². The molecule has 1 aliphatic heterocycles. The fourth-order valence-electron chi connectivity index (χ4n) is 6.44. The van der Waals surface area contributed by atoms with Crippen LogP contribution in [0.15, 0.2) is 87.9 Å². The van der Waals surface area contributed by atoms with E-state index in [2.05, 4.69) is 0 Å². The van der Waals surface area contributed by atoms with Crippen LogP contribution < -0.4 is 15.1 Å². The van der Waals surface area contributed by atoms with E-state index in [1.54, 1.807) is 30.3 Å². The number of benzene rings is 2. The van der Waals surface area contributed by atoms with Crippen molar-refractivity contribution in [1.82, 2.24) is 0 Å². The van der Waals surface area contributed by atoms with E-state index in [-0.39, 0.29) is 30.8 Å². The molecule has 2 amide bonds. The van der Waals surface area contributed by atoms with E-state index in [0.29, 0.717) is 47.7 Å². The Kier molecular flexibility index (Phi) is 10.4. The third-order valence-electron chi connectivity index (χ3n) is 8.70. The second-order valence-electron chi connectivity index (χ2n) is 11.4. The monoisotopic (exact) mass is 615 g/mol. The number of anilines is 1. The number of allylic oxidation sites excluding steroid dienone is 1. The van der Waals surface area contributed by atoms with E-state index in [1.807, 2.05) is 31.2 Å². The summed E-state index contributed by atoms with van der Waals surface area (Å²) < 4.78 is 11.7. The molecule has 3 aromatic rings. The lowest BCUT2D eigenvalue weighted by Gasteiger charge is -2.36. The van der Waals surface area contributed by atoms with Crippen LogP contribution in [0.5, 0.6) is 5.75 Å². The average molecular weight is 615 g/mol. The second-order valence-corrected chi connectivity index (χ2v) is 11.4. The summed E-state index contributed by atoms with van der Waals surface area (Å²) in [7, 11) is -1.78. The molecule has 45 heavy (non-hydrogen) atoms. The molecule has 2 heterocycles. The van der Waals surface area contributed by atoms with Gasteiger partial charge in [-0.05, 0) is 84.8 Å². The molecule has 1 aliphatic carbocycles.